The molecule has 2 amide bonds. The Hall–Kier alpha value is -3.32. The van der Waals surface area contributed by atoms with Gasteiger partial charge in [0.2, 0.25) is 5.91 Å². The van der Waals surface area contributed by atoms with E-state index in [4.69, 9.17) is 13.6 Å². The van der Waals surface area contributed by atoms with E-state index < -0.39 is 0 Å². The van der Waals surface area contributed by atoms with Gasteiger partial charge in [-0.1, -0.05) is 24.3 Å². The second kappa shape index (κ2) is 10.1. The molecule has 3 heterocycles. The van der Waals surface area contributed by atoms with Crippen LogP contribution < -0.4 is 5.32 Å². The van der Waals surface area contributed by atoms with Gasteiger partial charge in [0.15, 0.2) is 5.76 Å². The third-order valence-corrected chi connectivity index (χ3v) is 5.44. The molecule has 3 aromatic rings. The van der Waals surface area contributed by atoms with Gasteiger partial charge in [-0.2, -0.15) is 0 Å². The first-order chi connectivity index (χ1) is 15.2. The Kier molecular flexibility index (Phi) is 6.84. The zero-order valence-corrected chi connectivity index (χ0v) is 17.3. The predicted molar refractivity (Wildman–Crippen MR) is 113 cm³/mol. The predicted octanol–water partition coefficient (Wildman–Crippen LogP) is 3.76. The Morgan fingerprint density at radius 2 is 1.74 bits per heavy atom. The van der Waals surface area contributed by atoms with Gasteiger partial charge in [0.1, 0.15) is 12.4 Å². The van der Waals surface area contributed by atoms with Gasteiger partial charge in [0.05, 0.1) is 19.1 Å². The van der Waals surface area contributed by atoms with Crippen molar-refractivity contribution < 1.29 is 23.2 Å². The van der Waals surface area contributed by atoms with Gasteiger partial charge in [0, 0.05) is 25.6 Å². The van der Waals surface area contributed by atoms with E-state index in [2.05, 4.69) is 5.32 Å². The molecule has 1 saturated heterocycles. The molecule has 1 fully saturated rings. The number of hydrogen-bond donors (Lipinski definition) is 1. The lowest BCUT2D eigenvalue weighted by atomic mass is 9.95. The number of carbonyl (C=O) groups is 2. The Morgan fingerprint density at radius 3 is 2.48 bits per heavy atom. The minimum absolute atomic E-state index is 0.0320. The molecule has 1 aliphatic heterocycles. The monoisotopic (exact) mass is 422 g/mol. The maximum absolute atomic E-state index is 12.6. The lowest BCUT2D eigenvalue weighted by Crippen LogP contribution is -2.42. The first kappa shape index (κ1) is 20.9. The second-order valence-electron chi connectivity index (χ2n) is 7.65. The van der Waals surface area contributed by atoms with E-state index in [1.54, 1.807) is 23.3 Å². The van der Waals surface area contributed by atoms with Crippen LogP contribution in [0.2, 0.25) is 0 Å². The molecule has 0 spiro atoms. The fraction of sp³-hybridized carbons (Fsp3) is 0.333. The summed E-state index contributed by atoms with van der Waals surface area (Å²) in [4.78, 5) is 26.7. The number of piperidine rings is 1. The lowest BCUT2D eigenvalue weighted by molar-refractivity contribution is -0.126. The number of rotatable bonds is 8. The molecule has 1 aliphatic rings. The highest BCUT2D eigenvalue weighted by atomic mass is 16.5. The van der Waals surface area contributed by atoms with Gasteiger partial charge < -0.3 is 23.8 Å². The van der Waals surface area contributed by atoms with Crippen LogP contribution in [0.1, 0.15) is 40.3 Å². The number of nitrogens with one attached hydrogen (secondary N) is 1. The fourth-order valence-corrected chi connectivity index (χ4v) is 3.73. The molecule has 1 N–H and O–H groups in total. The number of furan rings is 2. The molecule has 0 unspecified atom stereocenters. The van der Waals surface area contributed by atoms with Crippen molar-refractivity contribution in [1.29, 1.82) is 0 Å². The quantitative estimate of drug-likeness (QED) is 0.598. The van der Waals surface area contributed by atoms with E-state index in [1.165, 1.54) is 6.26 Å². The van der Waals surface area contributed by atoms with Gasteiger partial charge in [-0.25, -0.2) is 0 Å². The number of hydrogen-bond acceptors (Lipinski definition) is 5. The zero-order valence-electron chi connectivity index (χ0n) is 17.3. The summed E-state index contributed by atoms with van der Waals surface area (Å²) in [7, 11) is 0. The summed E-state index contributed by atoms with van der Waals surface area (Å²) in [6.07, 6.45) is 4.42. The van der Waals surface area contributed by atoms with Crippen LogP contribution in [0.3, 0.4) is 0 Å². The fourth-order valence-electron chi connectivity index (χ4n) is 3.73. The SMILES string of the molecule is O=C(NCc1cccc(COCc2ccco2)c1)C1CCN(C(=O)c2ccco2)CC1. The molecule has 7 nitrogen and oxygen atoms in total. The minimum atomic E-state index is -0.116. The maximum Gasteiger partial charge on any atom is 0.289 e. The highest BCUT2D eigenvalue weighted by Crippen LogP contribution is 2.20. The maximum atomic E-state index is 12.6. The third kappa shape index (κ3) is 5.64. The van der Waals surface area contributed by atoms with Gasteiger partial charge >= 0.3 is 0 Å². The summed E-state index contributed by atoms with van der Waals surface area (Å²) in [5.41, 5.74) is 2.07. The van der Waals surface area contributed by atoms with Crippen molar-refractivity contribution in [1.82, 2.24) is 10.2 Å². The normalized spacial score (nSPS) is 14.5. The van der Waals surface area contributed by atoms with Crippen molar-refractivity contribution >= 4 is 11.8 Å². The summed E-state index contributed by atoms with van der Waals surface area (Å²) in [5.74, 6) is 0.969. The lowest BCUT2D eigenvalue weighted by Gasteiger charge is -2.30. The van der Waals surface area contributed by atoms with Crippen molar-refractivity contribution in [3.63, 3.8) is 0 Å². The molecule has 0 atom stereocenters. The third-order valence-electron chi connectivity index (χ3n) is 5.44. The van der Waals surface area contributed by atoms with Crippen LogP contribution in [0, 0.1) is 5.92 Å². The van der Waals surface area contributed by atoms with E-state index in [9.17, 15) is 9.59 Å². The van der Waals surface area contributed by atoms with Gasteiger partial charge in [-0.3, -0.25) is 9.59 Å². The summed E-state index contributed by atoms with van der Waals surface area (Å²) in [5, 5.41) is 3.03. The first-order valence-corrected chi connectivity index (χ1v) is 10.5. The Labute approximate surface area is 181 Å². The molecule has 31 heavy (non-hydrogen) atoms. The highest BCUT2D eigenvalue weighted by molar-refractivity contribution is 5.91. The molecular weight excluding hydrogens is 396 g/mol. The molecule has 0 saturated carbocycles. The Bertz CT molecular complexity index is 973. The molecule has 1 aromatic carbocycles. The molecule has 2 aromatic heterocycles. The van der Waals surface area contributed by atoms with Crippen molar-refractivity contribution in [2.24, 2.45) is 5.92 Å². The Morgan fingerprint density at radius 1 is 0.968 bits per heavy atom. The highest BCUT2D eigenvalue weighted by Gasteiger charge is 2.28. The molecule has 0 radical (unpaired) electrons. The summed E-state index contributed by atoms with van der Waals surface area (Å²) in [6.45, 7) is 2.48. The number of likely N-dealkylation sites (tertiary alicyclic amines) is 1. The topological polar surface area (TPSA) is 84.9 Å². The summed E-state index contributed by atoms with van der Waals surface area (Å²) >= 11 is 0. The number of nitrogens with zero attached hydrogens (tertiary/aromatic N) is 1. The number of carbonyl (C=O) groups excluding carboxylic acids is 2. The van der Waals surface area contributed by atoms with E-state index in [1.807, 2.05) is 36.4 Å². The number of benzene rings is 1. The zero-order chi connectivity index (χ0) is 21.5. The van der Waals surface area contributed by atoms with Crippen LogP contribution in [0.5, 0.6) is 0 Å². The number of ether oxygens (including phenoxy) is 1. The van der Waals surface area contributed by atoms with Crippen molar-refractivity contribution in [3.05, 3.63) is 83.7 Å². The van der Waals surface area contributed by atoms with Crippen LogP contribution >= 0.6 is 0 Å². The van der Waals surface area contributed by atoms with Crippen LogP contribution in [0.4, 0.5) is 0 Å². The van der Waals surface area contributed by atoms with Crippen LogP contribution in [-0.4, -0.2) is 29.8 Å². The van der Waals surface area contributed by atoms with Crippen molar-refractivity contribution in [2.75, 3.05) is 13.1 Å². The standard InChI is InChI=1S/C24H26N2O5/c27-23(20-8-10-26(11-9-20)24(28)22-7-3-13-31-22)25-15-18-4-1-5-19(14-18)16-29-17-21-6-2-12-30-21/h1-7,12-14,20H,8-11,15-17H2,(H,25,27). The van der Waals surface area contributed by atoms with Crippen LogP contribution in [0.15, 0.2) is 69.9 Å². The largest absolute Gasteiger partial charge is 0.467 e. The van der Waals surface area contributed by atoms with Crippen molar-refractivity contribution in [2.45, 2.75) is 32.6 Å². The van der Waals surface area contributed by atoms with Crippen LogP contribution in [0.25, 0.3) is 0 Å². The first-order valence-electron chi connectivity index (χ1n) is 10.5. The Balaban J connectivity index is 1.20. The molecule has 7 heteroatoms. The van der Waals surface area contributed by atoms with E-state index >= 15 is 0 Å². The van der Waals surface area contributed by atoms with Gasteiger partial charge in [-0.15, -0.1) is 0 Å². The second-order valence-corrected chi connectivity index (χ2v) is 7.65. The van der Waals surface area contributed by atoms with Crippen molar-refractivity contribution in [3.8, 4) is 0 Å². The molecule has 4 rings (SSSR count). The smallest absolute Gasteiger partial charge is 0.289 e. The van der Waals surface area contributed by atoms with Crippen LogP contribution in [-0.2, 0) is 29.3 Å². The number of amides is 2. The average molecular weight is 422 g/mol. The molecule has 0 bridgehead atoms. The van der Waals surface area contributed by atoms with E-state index in [0.29, 0.717) is 51.4 Å². The molecule has 0 aliphatic carbocycles. The van der Waals surface area contributed by atoms with Gasteiger partial charge in [0.25, 0.3) is 5.91 Å². The minimum Gasteiger partial charge on any atom is -0.467 e. The summed E-state index contributed by atoms with van der Waals surface area (Å²) in [6, 6.07) is 15.1. The molecule has 162 valence electrons. The van der Waals surface area contributed by atoms with E-state index in [-0.39, 0.29) is 17.7 Å². The van der Waals surface area contributed by atoms with Gasteiger partial charge in [-0.05, 0) is 48.2 Å². The summed E-state index contributed by atoms with van der Waals surface area (Å²) < 4.78 is 16.1. The van der Waals surface area contributed by atoms with E-state index in [0.717, 1.165) is 16.9 Å². The average Bonchev–Trinajstić information content (AvgIpc) is 3.52. The molecular formula is C24H26N2O5.